The van der Waals surface area contributed by atoms with Gasteiger partial charge < -0.3 is 15.4 Å². The fourth-order valence-electron chi connectivity index (χ4n) is 1.62. The molecule has 0 saturated carbocycles. The molecule has 4 nitrogen and oxygen atoms in total. The summed E-state index contributed by atoms with van der Waals surface area (Å²) in [7, 11) is 0. The molecule has 0 bridgehead atoms. The van der Waals surface area contributed by atoms with Gasteiger partial charge in [-0.25, -0.2) is 8.78 Å². The van der Waals surface area contributed by atoms with Crippen molar-refractivity contribution in [2.45, 2.75) is 31.7 Å². The molecule has 0 unspecified atom stereocenters. The second-order valence-corrected chi connectivity index (χ2v) is 3.76. The van der Waals surface area contributed by atoms with E-state index in [0.717, 1.165) is 25.8 Å². The first kappa shape index (κ1) is 13.3. The Balaban J connectivity index is 2.01. The second-order valence-electron chi connectivity index (χ2n) is 3.76. The number of carbonyl (C=O) groups excluding carboxylic acids is 1. The summed E-state index contributed by atoms with van der Waals surface area (Å²) < 4.78 is 28.0. The lowest BCUT2D eigenvalue weighted by Gasteiger charge is -2.22. The zero-order valence-corrected chi connectivity index (χ0v) is 9.18. The minimum Gasteiger partial charge on any atom is -0.374 e. The van der Waals surface area contributed by atoms with Crippen molar-refractivity contribution in [3.8, 4) is 0 Å². The monoisotopic (exact) mass is 236 g/mol. The van der Waals surface area contributed by atoms with Crippen LogP contribution < -0.4 is 10.6 Å². The molecule has 1 fully saturated rings. The van der Waals surface area contributed by atoms with E-state index in [-0.39, 0.29) is 25.1 Å². The molecular formula is C10H18F2N2O2. The highest BCUT2D eigenvalue weighted by atomic mass is 19.3. The van der Waals surface area contributed by atoms with Crippen molar-refractivity contribution in [1.29, 1.82) is 0 Å². The summed E-state index contributed by atoms with van der Waals surface area (Å²) in [4.78, 5) is 11.5. The van der Waals surface area contributed by atoms with Gasteiger partial charge in [-0.05, 0) is 19.4 Å². The smallest absolute Gasteiger partial charge is 0.261 e. The number of hydrogen-bond acceptors (Lipinski definition) is 3. The van der Waals surface area contributed by atoms with Gasteiger partial charge >= 0.3 is 0 Å². The van der Waals surface area contributed by atoms with Crippen LogP contribution in [0.25, 0.3) is 0 Å². The van der Waals surface area contributed by atoms with Crippen LogP contribution >= 0.6 is 0 Å². The van der Waals surface area contributed by atoms with E-state index in [0.29, 0.717) is 0 Å². The molecule has 0 spiro atoms. The third kappa shape index (κ3) is 5.37. The van der Waals surface area contributed by atoms with Crippen molar-refractivity contribution < 1.29 is 18.3 Å². The summed E-state index contributed by atoms with van der Waals surface area (Å²) in [5, 5.41) is 5.76. The third-order valence-corrected chi connectivity index (χ3v) is 2.42. The minimum absolute atomic E-state index is 0.0691. The number of rotatable bonds is 6. The maximum absolute atomic E-state index is 11.7. The molecule has 1 atom stereocenters. The highest BCUT2D eigenvalue weighted by molar-refractivity contribution is 5.81. The van der Waals surface area contributed by atoms with Gasteiger partial charge in [0, 0.05) is 6.54 Å². The molecule has 1 amide bonds. The fourth-order valence-corrected chi connectivity index (χ4v) is 1.62. The molecule has 1 aliphatic heterocycles. The SMILES string of the molecule is O=C(NCCOCC(F)F)[C@H]1CCCCN1. The van der Waals surface area contributed by atoms with Gasteiger partial charge in [0.25, 0.3) is 6.43 Å². The molecule has 1 rings (SSSR count). The number of halogens is 2. The Morgan fingerprint density at radius 3 is 2.94 bits per heavy atom. The van der Waals surface area contributed by atoms with Crippen molar-refractivity contribution in [3.63, 3.8) is 0 Å². The van der Waals surface area contributed by atoms with Gasteiger partial charge in [-0.1, -0.05) is 6.42 Å². The van der Waals surface area contributed by atoms with Crippen LogP contribution in [0, 0.1) is 0 Å². The molecule has 1 saturated heterocycles. The van der Waals surface area contributed by atoms with Crippen LogP contribution in [0.3, 0.4) is 0 Å². The average Bonchev–Trinajstić information content (AvgIpc) is 2.29. The Labute approximate surface area is 93.7 Å². The highest BCUT2D eigenvalue weighted by Gasteiger charge is 2.19. The summed E-state index contributed by atoms with van der Waals surface area (Å²) in [6.45, 7) is 0.698. The number of ether oxygens (including phenoxy) is 1. The molecule has 2 N–H and O–H groups in total. The zero-order valence-electron chi connectivity index (χ0n) is 9.18. The van der Waals surface area contributed by atoms with Gasteiger partial charge in [-0.3, -0.25) is 4.79 Å². The Morgan fingerprint density at radius 1 is 1.50 bits per heavy atom. The van der Waals surface area contributed by atoms with Gasteiger partial charge in [0.2, 0.25) is 5.91 Å². The summed E-state index contributed by atoms with van der Waals surface area (Å²) in [5.41, 5.74) is 0. The van der Waals surface area contributed by atoms with Crippen molar-refractivity contribution in [3.05, 3.63) is 0 Å². The summed E-state index contributed by atoms with van der Waals surface area (Å²) in [6.07, 6.45) is 0.536. The van der Waals surface area contributed by atoms with Crippen LogP contribution in [0.5, 0.6) is 0 Å². The first-order valence-electron chi connectivity index (χ1n) is 5.57. The first-order chi connectivity index (χ1) is 7.70. The molecule has 0 aromatic carbocycles. The molecule has 94 valence electrons. The van der Waals surface area contributed by atoms with Crippen LogP contribution in [0.2, 0.25) is 0 Å². The van der Waals surface area contributed by atoms with E-state index < -0.39 is 13.0 Å². The lowest BCUT2D eigenvalue weighted by molar-refractivity contribution is -0.123. The van der Waals surface area contributed by atoms with E-state index in [4.69, 9.17) is 0 Å². The topological polar surface area (TPSA) is 50.4 Å². The zero-order chi connectivity index (χ0) is 11.8. The first-order valence-corrected chi connectivity index (χ1v) is 5.57. The summed E-state index contributed by atoms with van der Waals surface area (Å²) in [6, 6.07) is -0.135. The molecule has 6 heteroatoms. The molecular weight excluding hydrogens is 218 g/mol. The predicted molar refractivity (Wildman–Crippen MR) is 55.5 cm³/mol. The van der Waals surface area contributed by atoms with Gasteiger partial charge in [0.1, 0.15) is 6.61 Å². The molecule has 0 aromatic heterocycles. The maximum Gasteiger partial charge on any atom is 0.261 e. The van der Waals surface area contributed by atoms with Crippen LogP contribution in [0.1, 0.15) is 19.3 Å². The second kappa shape index (κ2) is 7.51. The summed E-state index contributed by atoms with van der Waals surface area (Å²) in [5.74, 6) is -0.0691. The molecule has 16 heavy (non-hydrogen) atoms. The number of nitrogens with one attached hydrogen (secondary N) is 2. The normalized spacial score (nSPS) is 21.1. The Morgan fingerprint density at radius 2 is 2.31 bits per heavy atom. The molecule has 1 heterocycles. The van der Waals surface area contributed by atoms with Crippen LogP contribution in [-0.2, 0) is 9.53 Å². The van der Waals surface area contributed by atoms with Gasteiger partial charge in [-0.2, -0.15) is 0 Å². The van der Waals surface area contributed by atoms with Crippen molar-refractivity contribution >= 4 is 5.91 Å². The van der Waals surface area contributed by atoms with E-state index in [1.165, 1.54) is 0 Å². The molecule has 1 aliphatic rings. The van der Waals surface area contributed by atoms with Crippen LogP contribution in [-0.4, -0.2) is 44.7 Å². The minimum atomic E-state index is -2.45. The Hall–Kier alpha value is -0.750. The number of hydrogen-bond donors (Lipinski definition) is 2. The third-order valence-electron chi connectivity index (χ3n) is 2.42. The lowest BCUT2D eigenvalue weighted by Crippen LogP contribution is -2.47. The van der Waals surface area contributed by atoms with Crippen LogP contribution in [0.4, 0.5) is 8.78 Å². The highest BCUT2D eigenvalue weighted by Crippen LogP contribution is 2.06. The van der Waals surface area contributed by atoms with Crippen molar-refractivity contribution in [2.24, 2.45) is 0 Å². The number of amides is 1. The van der Waals surface area contributed by atoms with E-state index >= 15 is 0 Å². The largest absolute Gasteiger partial charge is 0.374 e. The lowest BCUT2D eigenvalue weighted by atomic mass is 10.0. The van der Waals surface area contributed by atoms with E-state index in [1.807, 2.05) is 0 Å². The van der Waals surface area contributed by atoms with Gasteiger partial charge in [0.15, 0.2) is 0 Å². The Bertz CT molecular complexity index is 209. The quantitative estimate of drug-likeness (QED) is 0.661. The number of piperidine rings is 1. The molecule has 0 aromatic rings. The average molecular weight is 236 g/mol. The van der Waals surface area contributed by atoms with Gasteiger partial charge in [0.05, 0.1) is 12.6 Å². The summed E-state index contributed by atoms with van der Waals surface area (Å²) >= 11 is 0. The van der Waals surface area contributed by atoms with Crippen molar-refractivity contribution in [2.75, 3.05) is 26.3 Å². The maximum atomic E-state index is 11.7. The fraction of sp³-hybridized carbons (Fsp3) is 0.900. The number of carbonyl (C=O) groups is 1. The van der Waals surface area contributed by atoms with E-state index in [2.05, 4.69) is 15.4 Å². The van der Waals surface area contributed by atoms with Crippen LogP contribution in [0.15, 0.2) is 0 Å². The number of alkyl halides is 2. The van der Waals surface area contributed by atoms with Gasteiger partial charge in [-0.15, -0.1) is 0 Å². The predicted octanol–water partition coefficient (Wildman–Crippen LogP) is 0.526. The standard InChI is InChI=1S/C10H18F2N2O2/c11-9(12)7-16-6-5-14-10(15)8-3-1-2-4-13-8/h8-9,13H,1-7H2,(H,14,15)/t8-/m1/s1. The van der Waals surface area contributed by atoms with E-state index in [1.54, 1.807) is 0 Å². The van der Waals surface area contributed by atoms with Crippen molar-refractivity contribution in [1.82, 2.24) is 10.6 Å². The molecule has 0 radical (unpaired) electrons. The van der Waals surface area contributed by atoms with E-state index in [9.17, 15) is 13.6 Å². The molecule has 0 aliphatic carbocycles. The Kier molecular flexibility index (Phi) is 6.25.